The normalized spacial score (nSPS) is 14.6. The first-order valence-corrected chi connectivity index (χ1v) is 9.91. The van der Waals surface area contributed by atoms with Crippen LogP contribution in [0.2, 0.25) is 0 Å². The van der Waals surface area contributed by atoms with Gasteiger partial charge < -0.3 is 14.2 Å². The summed E-state index contributed by atoms with van der Waals surface area (Å²) in [5, 5.41) is 3.84. The Morgan fingerprint density at radius 2 is 2.00 bits per heavy atom. The molecule has 2 aromatic heterocycles. The van der Waals surface area contributed by atoms with Crippen LogP contribution in [0.1, 0.15) is 41.7 Å². The fourth-order valence-electron chi connectivity index (χ4n) is 3.45. The maximum Gasteiger partial charge on any atom is 0.408 e. The first-order valence-electron chi connectivity index (χ1n) is 9.91. The number of hydrogen-bond acceptors (Lipinski definition) is 6. The molecule has 0 saturated carbocycles. The second-order valence-corrected chi connectivity index (χ2v) is 7.09. The molecule has 0 spiro atoms. The van der Waals surface area contributed by atoms with E-state index in [1.54, 1.807) is 13.2 Å². The summed E-state index contributed by atoms with van der Waals surface area (Å²) >= 11 is 0. The van der Waals surface area contributed by atoms with E-state index in [1.807, 2.05) is 0 Å². The highest BCUT2D eigenvalue weighted by molar-refractivity contribution is 5.79. The van der Waals surface area contributed by atoms with Crippen LogP contribution in [0.15, 0.2) is 30.1 Å². The number of pyridine rings is 1. The van der Waals surface area contributed by atoms with Gasteiger partial charge in [-0.05, 0) is 42.9 Å². The Bertz CT molecular complexity index is 925. The molecule has 0 saturated heterocycles. The highest BCUT2D eigenvalue weighted by Gasteiger charge is 2.30. The predicted octanol–water partition coefficient (Wildman–Crippen LogP) is 4.08. The zero-order valence-corrected chi connectivity index (χ0v) is 17.2. The van der Waals surface area contributed by atoms with Crippen LogP contribution in [0.5, 0.6) is 11.6 Å². The van der Waals surface area contributed by atoms with Crippen molar-refractivity contribution in [3.8, 4) is 11.6 Å². The molecule has 1 aliphatic rings. The standard InChI is InChI=1S/C21H24F3N3O4/c1-29-8-9-30-20-10-16(12-28)19(11-25-20)31-13-15-4-2-3-5-17(15)18-6-7-26-27(18)14-21(22,23)24/h6-7,10-12H,2-5,8-9,13-14H2,1H3. The molecule has 10 heteroatoms. The van der Waals surface area contributed by atoms with Crippen molar-refractivity contribution < 1.29 is 32.2 Å². The second-order valence-electron chi connectivity index (χ2n) is 7.09. The summed E-state index contributed by atoms with van der Waals surface area (Å²) in [6, 6.07) is 3.07. The lowest BCUT2D eigenvalue weighted by atomic mass is 9.90. The number of allylic oxidation sites excluding steroid dienone is 1. The Balaban J connectivity index is 1.77. The van der Waals surface area contributed by atoms with Gasteiger partial charge in [0.1, 0.15) is 25.5 Å². The van der Waals surface area contributed by atoms with Gasteiger partial charge in [0.2, 0.25) is 5.88 Å². The zero-order valence-electron chi connectivity index (χ0n) is 17.2. The van der Waals surface area contributed by atoms with E-state index in [0.29, 0.717) is 38.0 Å². The van der Waals surface area contributed by atoms with Crippen molar-refractivity contribution in [2.24, 2.45) is 0 Å². The van der Waals surface area contributed by atoms with Gasteiger partial charge in [-0.1, -0.05) is 0 Å². The minimum Gasteiger partial charge on any atom is -0.487 e. The Hall–Kier alpha value is -2.88. The third-order valence-corrected chi connectivity index (χ3v) is 4.88. The second kappa shape index (κ2) is 10.4. The van der Waals surface area contributed by atoms with Crippen molar-refractivity contribution >= 4 is 11.9 Å². The Morgan fingerprint density at radius 3 is 2.74 bits per heavy atom. The molecule has 0 fully saturated rings. The lowest BCUT2D eigenvalue weighted by Crippen LogP contribution is -2.21. The van der Waals surface area contributed by atoms with Gasteiger partial charge in [0.05, 0.1) is 24.1 Å². The third-order valence-electron chi connectivity index (χ3n) is 4.88. The van der Waals surface area contributed by atoms with E-state index in [1.165, 1.54) is 18.5 Å². The molecular formula is C21H24F3N3O4. The lowest BCUT2D eigenvalue weighted by Gasteiger charge is -2.22. The van der Waals surface area contributed by atoms with Crippen LogP contribution in [0, 0.1) is 0 Å². The number of aldehydes is 1. The topological polar surface area (TPSA) is 75.5 Å². The molecule has 0 bridgehead atoms. The molecule has 0 radical (unpaired) electrons. The molecule has 2 heterocycles. The summed E-state index contributed by atoms with van der Waals surface area (Å²) in [5.41, 5.74) is 2.44. The van der Waals surface area contributed by atoms with E-state index < -0.39 is 12.7 Å². The lowest BCUT2D eigenvalue weighted by molar-refractivity contribution is -0.142. The summed E-state index contributed by atoms with van der Waals surface area (Å²) in [4.78, 5) is 15.6. The summed E-state index contributed by atoms with van der Waals surface area (Å²) < 4.78 is 55.8. The number of hydrogen-bond donors (Lipinski definition) is 0. The van der Waals surface area contributed by atoms with Gasteiger partial charge in [0.25, 0.3) is 0 Å². The molecule has 0 atom stereocenters. The van der Waals surface area contributed by atoms with Crippen LogP contribution in [0.25, 0.3) is 5.57 Å². The SMILES string of the molecule is COCCOc1cc(C=O)c(OCC2=C(c3ccnn3CC(F)(F)F)CCCC2)cn1. The molecule has 1 aliphatic carbocycles. The van der Waals surface area contributed by atoms with Gasteiger partial charge in [-0.3, -0.25) is 9.48 Å². The monoisotopic (exact) mass is 439 g/mol. The van der Waals surface area contributed by atoms with Gasteiger partial charge in [0, 0.05) is 19.4 Å². The number of ether oxygens (including phenoxy) is 3. The van der Waals surface area contributed by atoms with E-state index in [0.717, 1.165) is 28.7 Å². The average molecular weight is 439 g/mol. The molecule has 0 aromatic carbocycles. The minimum absolute atomic E-state index is 0.152. The molecular weight excluding hydrogens is 415 g/mol. The fraction of sp³-hybridized carbons (Fsp3) is 0.476. The van der Waals surface area contributed by atoms with E-state index in [9.17, 15) is 18.0 Å². The van der Waals surface area contributed by atoms with Gasteiger partial charge in [-0.2, -0.15) is 18.3 Å². The smallest absolute Gasteiger partial charge is 0.408 e. The van der Waals surface area contributed by atoms with Crippen molar-refractivity contribution in [3.05, 3.63) is 41.4 Å². The van der Waals surface area contributed by atoms with E-state index in [-0.39, 0.29) is 23.8 Å². The molecule has 3 rings (SSSR count). The minimum atomic E-state index is -4.36. The van der Waals surface area contributed by atoms with Gasteiger partial charge in [0.15, 0.2) is 6.29 Å². The Morgan fingerprint density at radius 1 is 1.19 bits per heavy atom. The number of carbonyl (C=O) groups is 1. The molecule has 0 N–H and O–H groups in total. The highest BCUT2D eigenvalue weighted by Crippen LogP contribution is 2.34. The zero-order chi connectivity index (χ0) is 22.3. The number of carbonyl (C=O) groups excluding carboxylic acids is 1. The van der Waals surface area contributed by atoms with Crippen LogP contribution < -0.4 is 9.47 Å². The number of methoxy groups -OCH3 is 1. The van der Waals surface area contributed by atoms with Crippen LogP contribution in [0.4, 0.5) is 13.2 Å². The van der Waals surface area contributed by atoms with Crippen molar-refractivity contribution in [2.75, 3.05) is 26.9 Å². The molecule has 2 aromatic rings. The first-order chi connectivity index (χ1) is 14.9. The molecule has 7 nitrogen and oxygen atoms in total. The highest BCUT2D eigenvalue weighted by atomic mass is 19.4. The van der Waals surface area contributed by atoms with Gasteiger partial charge in [-0.25, -0.2) is 4.98 Å². The summed E-state index contributed by atoms with van der Waals surface area (Å²) in [6.07, 6.45) is 2.22. The third kappa shape index (κ3) is 6.30. The van der Waals surface area contributed by atoms with E-state index >= 15 is 0 Å². The molecule has 168 valence electrons. The first kappa shape index (κ1) is 22.8. The number of rotatable bonds is 10. The average Bonchev–Trinajstić information content (AvgIpc) is 3.19. The predicted molar refractivity (Wildman–Crippen MR) is 106 cm³/mol. The van der Waals surface area contributed by atoms with Crippen LogP contribution in [-0.4, -0.2) is 54.2 Å². The van der Waals surface area contributed by atoms with Crippen molar-refractivity contribution in [1.82, 2.24) is 14.8 Å². The summed E-state index contributed by atoms with van der Waals surface area (Å²) in [7, 11) is 1.55. The molecule has 0 amide bonds. The number of halogens is 3. The largest absolute Gasteiger partial charge is 0.487 e. The van der Waals surface area contributed by atoms with Gasteiger partial charge in [-0.15, -0.1) is 0 Å². The van der Waals surface area contributed by atoms with E-state index in [4.69, 9.17) is 14.2 Å². The van der Waals surface area contributed by atoms with Gasteiger partial charge >= 0.3 is 6.18 Å². The summed E-state index contributed by atoms with van der Waals surface area (Å²) in [5.74, 6) is 0.565. The Kier molecular flexibility index (Phi) is 7.67. The maximum atomic E-state index is 12.9. The van der Waals surface area contributed by atoms with E-state index in [2.05, 4.69) is 10.1 Å². The van der Waals surface area contributed by atoms with Crippen LogP contribution >= 0.6 is 0 Å². The number of alkyl halides is 3. The summed E-state index contributed by atoms with van der Waals surface area (Å²) in [6.45, 7) is -0.308. The molecule has 0 unspecified atom stereocenters. The van der Waals surface area contributed by atoms with Crippen LogP contribution in [-0.2, 0) is 11.3 Å². The van der Waals surface area contributed by atoms with Crippen LogP contribution in [0.3, 0.4) is 0 Å². The molecule has 0 aliphatic heterocycles. The quantitative estimate of drug-likeness (QED) is 0.410. The van der Waals surface area contributed by atoms with Crippen molar-refractivity contribution in [2.45, 2.75) is 38.4 Å². The fourth-order valence-corrected chi connectivity index (χ4v) is 3.45. The van der Waals surface area contributed by atoms with Crippen molar-refractivity contribution in [1.29, 1.82) is 0 Å². The maximum absolute atomic E-state index is 12.9. The van der Waals surface area contributed by atoms with Crippen molar-refractivity contribution in [3.63, 3.8) is 0 Å². The number of aromatic nitrogens is 3. The Labute approximate surface area is 177 Å². The number of nitrogens with zero attached hydrogens (tertiary/aromatic N) is 3. The molecule has 31 heavy (non-hydrogen) atoms.